The summed E-state index contributed by atoms with van der Waals surface area (Å²) in [4.78, 5) is 3.81. The number of nitrogens with zero attached hydrogens (tertiary/aromatic N) is 1. The number of rotatable bonds is 2. The van der Waals surface area contributed by atoms with Gasteiger partial charge >= 0.3 is 0 Å². The third kappa shape index (κ3) is 2.56. The summed E-state index contributed by atoms with van der Waals surface area (Å²) in [6, 6.07) is 5.44. The molecule has 6 heteroatoms. The highest BCUT2D eigenvalue weighted by Gasteiger charge is 2.18. The Morgan fingerprint density at radius 1 is 1.17 bits per heavy atom. The van der Waals surface area contributed by atoms with Gasteiger partial charge in [0.15, 0.2) is 0 Å². The normalized spacial score (nSPS) is 12.4. The van der Waals surface area contributed by atoms with Gasteiger partial charge in [-0.2, -0.15) is 0 Å². The van der Waals surface area contributed by atoms with Crippen LogP contribution < -0.4 is 5.73 Å². The molecule has 0 radical (unpaired) electrons. The molecular formula is C12H9Cl2FN2O. The van der Waals surface area contributed by atoms with Crippen LogP contribution in [0.1, 0.15) is 17.2 Å². The molecule has 1 unspecified atom stereocenters. The minimum atomic E-state index is -1.24. The predicted octanol–water partition coefficient (Wildman–Crippen LogP) is 3.19. The molecule has 3 N–H and O–H groups in total. The summed E-state index contributed by atoms with van der Waals surface area (Å²) >= 11 is 11.4. The van der Waals surface area contributed by atoms with E-state index in [1.54, 1.807) is 0 Å². The molecule has 0 aliphatic heterocycles. The van der Waals surface area contributed by atoms with Crippen LogP contribution in [0.15, 0.2) is 30.5 Å². The van der Waals surface area contributed by atoms with Gasteiger partial charge in [-0.05, 0) is 18.2 Å². The molecule has 2 aromatic rings. The second kappa shape index (κ2) is 5.10. The molecule has 2 rings (SSSR count). The van der Waals surface area contributed by atoms with E-state index in [1.807, 2.05) is 0 Å². The van der Waals surface area contributed by atoms with Gasteiger partial charge in [0.2, 0.25) is 0 Å². The number of hydrogen-bond acceptors (Lipinski definition) is 3. The molecule has 0 aliphatic carbocycles. The van der Waals surface area contributed by atoms with Crippen LogP contribution in [0.2, 0.25) is 10.0 Å². The highest BCUT2D eigenvalue weighted by Crippen LogP contribution is 2.30. The molecule has 0 saturated heterocycles. The Kier molecular flexibility index (Phi) is 3.71. The van der Waals surface area contributed by atoms with E-state index in [2.05, 4.69) is 4.98 Å². The molecule has 18 heavy (non-hydrogen) atoms. The van der Waals surface area contributed by atoms with Gasteiger partial charge in [0, 0.05) is 22.3 Å². The third-order valence-electron chi connectivity index (χ3n) is 2.47. The highest BCUT2D eigenvalue weighted by atomic mass is 35.5. The first kappa shape index (κ1) is 13.1. The van der Waals surface area contributed by atoms with Gasteiger partial charge < -0.3 is 10.8 Å². The maximum absolute atomic E-state index is 13.7. The molecule has 3 nitrogen and oxygen atoms in total. The lowest BCUT2D eigenvalue weighted by Crippen LogP contribution is -2.07. The van der Waals surface area contributed by atoms with E-state index in [-0.39, 0.29) is 22.0 Å². The fraction of sp³-hybridized carbons (Fsp3) is 0.0833. The van der Waals surface area contributed by atoms with Crippen molar-refractivity contribution in [2.45, 2.75) is 6.10 Å². The van der Waals surface area contributed by atoms with Crippen molar-refractivity contribution in [1.82, 2.24) is 4.98 Å². The van der Waals surface area contributed by atoms with E-state index in [0.29, 0.717) is 5.02 Å². The maximum atomic E-state index is 13.7. The zero-order chi connectivity index (χ0) is 13.3. The van der Waals surface area contributed by atoms with Crippen molar-refractivity contribution in [3.8, 4) is 0 Å². The SMILES string of the molecule is Nc1ncc(Cl)cc1C(O)c1ccc(Cl)cc1F. The quantitative estimate of drug-likeness (QED) is 0.891. The summed E-state index contributed by atoms with van der Waals surface area (Å²) in [7, 11) is 0. The Hall–Kier alpha value is -1.36. The molecule has 0 spiro atoms. The molecule has 1 aromatic carbocycles. The number of aromatic nitrogens is 1. The Balaban J connectivity index is 2.47. The minimum Gasteiger partial charge on any atom is -0.383 e. The van der Waals surface area contributed by atoms with Crippen molar-refractivity contribution in [3.63, 3.8) is 0 Å². The van der Waals surface area contributed by atoms with E-state index in [1.165, 1.54) is 24.4 Å². The van der Waals surface area contributed by atoms with Crippen LogP contribution in [0.3, 0.4) is 0 Å². The van der Waals surface area contributed by atoms with Crippen LogP contribution in [0.25, 0.3) is 0 Å². The van der Waals surface area contributed by atoms with Crippen LogP contribution in [0.4, 0.5) is 10.2 Å². The molecular weight excluding hydrogens is 278 g/mol. The standard InChI is InChI=1S/C12H9Cl2FN2O/c13-6-1-2-8(10(15)4-6)11(18)9-3-7(14)5-17-12(9)16/h1-5,11,18H,(H2,16,17). The smallest absolute Gasteiger partial charge is 0.130 e. The van der Waals surface area contributed by atoms with Gasteiger partial charge in [0.25, 0.3) is 0 Å². The Labute approximate surface area is 113 Å². The number of pyridine rings is 1. The largest absolute Gasteiger partial charge is 0.383 e. The molecule has 0 amide bonds. The highest BCUT2D eigenvalue weighted by molar-refractivity contribution is 6.30. The lowest BCUT2D eigenvalue weighted by molar-refractivity contribution is 0.215. The van der Waals surface area contributed by atoms with Gasteiger partial charge in [-0.1, -0.05) is 29.3 Å². The van der Waals surface area contributed by atoms with Crippen molar-refractivity contribution >= 4 is 29.0 Å². The van der Waals surface area contributed by atoms with Gasteiger partial charge in [-0.3, -0.25) is 0 Å². The zero-order valence-corrected chi connectivity index (χ0v) is 10.6. The van der Waals surface area contributed by atoms with Crippen LogP contribution >= 0.6 is 23.2 Å². The number of anilines is 1. The molecule has 0 bridgehead atoms. The first-order valence-electron chi connectivity index (χ1n) is 5.03. The summed E-state index contributed by atoms with van der Waals surface area (Å²) in [5, 5.41) is 10.7. The number of halogens is 3. The molecule has 1 heterocycles. The second-order valence-corrected chi connectivity index (χ2v) is 4.57. The molecule has 94 valence electrons. The number of benzene rings is 1. The van der Waals surface area contributed by atoms with E-state index in [0.717, 1.165) is 6.07 Å². The van der Waals surface area contributed by atoms with Crippen molar-refractivity contribution in [1.29, 1.82) is 0 Å². The van der Waals surface area contributed by atoms with E-state index in [9.17, 15) is 9.50 Å². The number of hydrogen-bond donors (Lipinski definition) is 2. The lowest BCUT2D eigenvalue weighted by atomic mass is 10.0. The van der Waals surface area contributed by atoms with Gasteiger partial charge in [0.1, 0.15) is 17.7 Å². The number of aliphatic hydroxyl groups is 1. The lowest BCUT2D eigenvalue weighted by Gasteiger charge is -2.14. The van der Waals surface area contributed by atoms with E-state index < -0.39 is 11.9 Å². The van der Waals surface area contributed by atoms with Gasteiger partial charge in [-0.25, -0.2) is 9.37 Å². The van der Waals surface area contributed by atoms with Crippen LogP contribution in [0.5, 0.6) is 0 Å². The third-order valence-corrected chi connectivity index (χ3v) is 2.91. The van der Waals surface area contributed by atoms with Crippen molar-refractivity contribution < 1.29 is 9.50 Å². The Bertz CT molecular complexity index is 592. The van der Waals surface area contributed by atoms with Gasteiger partial charge in [-0.15, -0.1) is 0 Å². The number of nitrogens with two attached hydrogens (primary N) is 1. The first-order valence-corrected chi connectivity index (χ1v) is 5.78. The minimum absolute atomic E-state index is 0.0650. The Morgan fingerprint density at radius 3 is 2.56 bits per heavy atom. The predicted molar refractivity (Wildman–Crippen MR) is 69.1 cm³/mol. The zero-order valence-electron chi connectivity index (χ0n) is 9.07. The summed E-state index contributed by atoms with van der Waals surface area (Å²) < 4.78 is 13.7. The maximum Gasteiger partial charge on any atom is 0.130 e. The molecule has 1 atom stereocenters. The summed E-state index contributed by atoms with van der Waals surface area (Å²) in [5.74, 6) is -0.518. The molecule has 1 aromatic heterocycles. The van der Waals surface area contributed by atoms with Crippen molar-refractivity contribution in [2.75, 3.05) is 5.73 Å². The first-order chi connectivity index (χ1) is 8.49. The Morgan fingerprint density at radius 2 is 1.89 bits per heavy atom. The molecule has 0 saturated carbocycles. The molecule has 0 aliphatic rings. The van der Waals surface area contributed by atoms with Crippen LogP contribution in [-0.2, 0) is 0 Å². The average molecular weight is 287 g/mol. The van der Waals surface area contributed by atoms with E-state index >= 15 is 0 Å². The summed E-state index contributed by atoms with van der Waals surface area (Å²) in [6.45, 7) is 0. The second-order valence-electron chi connectivity index (χ2n) is 3.70. The van der Waals surface area contributed by atoms with Crippen molar-refractivity contribution in [3.05, 3.63) is 57.5 Å². The number of nitrogen functional groups attached to an aromatic ring is 1. The topological polar surface area (TPSA) is 59.1 Å². The van der Waals surface area contributed by atoms with E-state index in [4.69, 9.17) is 28.9 Å². The van der Waals surface area contributed by atoms with Crippen LogP contribution in [-0.4, -0.2) is 10.1 Å². The molecule has 0 fully saturated rings. The van der Waals surface area contributed by atoms with Gasteiger partial charge in [0.05, 0.1) is 5.02 Å². The fourth-order valence-electron chi connectivity index (χ4n) is 1.58. The summed E-state index contributed by atoms with van der Waals surface area (Å²) in [6.07, 6.45) is 0.110. The number of aliphatic hydroxyl groups excluding tert-OH is 1. The fourth-order valence-corrected chi connectivity index (χ4v) is 1.90. The summed E-state index contributed by atoms with van der Waals surface area (Å²) in [5.41, 5.74) is 5.95. The average Bonchev–Trinajstić information content (AvgIpc) is 2.31. The van der Waals surface area contributed by atoms with Crippen LogP contribution in [0, 0.1) is 5.82 Å². The monoisotopic (exact) mass is 286 g/mol. The van der Waals surface area contributed by atoms with Crippen molar-refractivity contribution in [2.24, 2.45) is 0 Å².